The van der Waals surface area contributed by atoms with E-state index in [2.05, 4.69) is 15.6 Å². The van der Waals surface area contributed by atoms with Crippen molar-refractivity contribution < 1.29 is 28.2 Å². The van der Waals surface area contributed by atoms with Crippen LogP contribution in [-0.4, -0.2) is 68.9 Å². The van der Waals surface area contributed by atoms with Gasteiger partial charge in [-0.25, -0.2) is 13.1 Å². The minimum atomic E-state index is -3.72. The summed E-state index contributed by atoms with van der Waals surface area (Å²) in [6.45, 7) is 0.633. The highest BCUT2D eigenvalue weighted by Crippen LogP contribution is 2.35. The fourth-order valence-corrected chi connectivity index (χ4v) is 7.70. The number of nitrogens with one attached hydrogen (secondary N) is 1. The van der Waals surface area contributed by atoms with Crippen LogP contribution in [0.5, 0.6) is 11.5 Å². The molecule has 236 valence electrons. The lowest BCUT2D eigenvalue weighted by molar-refractivity contribution is -0.127. The summed E-state index contributed by atoms with van der Waals surface area (Å²) in [7, 11) is -3.72. The normalized spacial score (nSPS) is 16.9. The third kappa shape index (κ3) is 6.36. The van der Waals surface area contributed by atoms with Crippen LogP contribution in [0.1, 0.15) is 56.6 Å². The van der Waals surface area contributed by atoms with E-state index in [9.17, 15) is 28.2 Å². The van der Waals surface area contributed by atoms with Gasteiger partial charge < -0.3 is 15.5 Å². The van der Waals surface area contributed by atoms with Crippen molar-refractivity contribution in [2.24, 2.45) is 0 Å². The topological polar surface area (TPSA) is 158 Å². The fourth-order valence-electron chi connectivity index (χ4n) is 6.19. The van der Waals surface area contributed by atoms with Crippen LogP contribution in [0.4, 0.5) is 5.69 Å². The molecule has 1 atom stereocenters. The molecule has 0 radical (unpaired) electrons. The van der Waals surface area contributed by atoms with Crippen LogP contribution in [0, 0.1) is 0 Å². The zero-order valence-corrected chi connectivity index (χ0v) is 25.6. The lowest BCUT2D eigenvalue weighted by Gasteiger charge is -2.33. The molecule has 2 heterocycles. The van der Waals surface area contributed by atoms with Crippen LogP contribution in [0.25, 0.3) is 11.0 Å². The molecule has 1 aromatic heterocycles. The largest absolute Gasteiger partial charge is 0.504 e. The van der Waals surface area contributed by atoms with Crippen molar-refractivity contribution in [2.75, 3.05) is 18.0 Å². The van der Waals surface area contributed by atoms with E-state index in [-0.39, 0.29) is 34.5 Å². The molecule has 0 spiro atoms. The van der Waals surface area contributed by atoms with Gasteiger partial charge in [0.25, 0.3) is 0 Å². The molecular formula is C32H36N6O6S. The number of phenols is 2. The molecule has 2 amide bonds. The molecule has 6 rings (SSSR count). The number of amides is 2. The highest BCUT2D eigenvalue weighted by atomic mass is 32.2. The summed E-state index contributed by atoms with van der Waals surface area (Å²) in [5.74, 6) is -1.78. The number of aromatic hydroxyl groups is 2. The number of rotatable bonds is 9. The highest BCUT2D eigenvalue weighted by molar-refractivity contribution is 7.89. The Morgan fingerprint density at radius 1 is 0.911 bits per heavy atom. The van der Waals surface area contributed by atoms with Gasteiger partial charge in [-0.15, -0.1) is 5.10 Å². The van der Waals surface area contributed by atoms with Crippen LogP contribution in [0.3, 0.4) is 0 Å². The van der Waals surface area contributed by atoms with Gasteiger partial charge in [0.15, 0.2) is 11.5 Å². The minimum Gasteiger partial charge on any atom is -0.504 e. The van der Waals surface area contributed by atoms with Crippen LogP contribution in [0.2, 0.25) is 0 Å². The molecule has 2 aliphatic rings. The van der Waals surface area contributed by atoms with Crippen molar-refractivity contribution in [2.45, 2.75) is 68.5 Å². The molecule has 1 saturated carbocycles. The maximum absolute atomic E-state index is 14.3. The molecule has 4 aromatic rings. The molecule has 12 nitrogen and oxygen atoms in total. The van der Waals surface area contributed by atoms with Crippen molar-refractivity contribution in [3.8, 4) is 11.5 Å². The monoisotopic (exact) mass is 632 g/mol. The first-order chi connectivity index (χ1) is 21.7. The molecule has 1 aliphatic carbocycles. The van der Waals surface area contributed by atoms with E-state index in [1.165, 1.54) is 56.4 Å². The summed E-state index contributed by atoms with van der Waals surface area (Å²) >= 11 is 0. The second-order valence-electron chi connectivity index (χ2n) is 11.6. The quantitative estimate of drug-likeness (QED) is 0.235. The Kier molecular flexibility index (Phi) is 8.72. The van der Waals surface area contributed by atoms with E-state index in [1.54, 1.807) is 12.1 Å². The Labute approximate surface area is 261 Å². The minimum absolute atomic E-state index is 0.0800. The fraction of sp³-hybridized carbons (Fsp3) is 0.375. The predicted molar refractivity (Wildman–Crippen MR) is 167 cm³/mol. The van der Waals surface area contributed by atoms with Crippen LogP contribution in [-0.2, 0) is 26.2 Å². The van der Waals surface area contributed by atoms with E-state index in [0.29, 0.717) is 24.1 Å². The van der Waals surface area contributed by atoms with E-state index in [1.807, 2.05) is 12.1 Å². The number of anilines is 1. The summed E-state index contributed by atoms with van der Waals surface area (Å²) in [5, 5.41) is 31.9. The van der Waals surface area contributed by atoms with Gasteiger partial charge in [-0.05, 0) is 79.8 Å². The molecule has 3 aromatic carbocycles. The number of benzene rings is 3. The first-order valence-electron chi connectivity index (χ1n) is 15.2. The molecule has 3 N–H and O–H groups in total. The molecule has 45 heavy (non-hydrogen) atoms. The first-order valence-corrected chi connectivity index (χ1v) is 16.7. The number of sulfonamides is 1. The number of aromatic nitrogens is 3. The molecule has 0 bridgehead atoms. The Hall–Kier alpha value is -4.49. The molecule has 13 heteroatoms. The zero-order chi connectivity index (χ0) is 31.6. The predicted octanol–water partition coefficient (Wildman–Crippen LogP) is 3.85. The Balaban J connectivity index is 1.42. The SMILES string of the molecule is O=C(NC1CCCCC1)[C@@H](c1ccc(O)c(O)c1)N(C(=O)Cn1nnc2ccccc21)c1ccc(S(=O)(=O)N2CCCC2)cc1. The number of para-hydroxylation sites is 1. The zero-order valence-electron chi connectivity index (χ0n) is 24.7. The van der Waals surface area contributed by atoms with Crippen LogP contribution >= 0.6 is 0 Å². The van der Waals surface area contributed by atoms with Gasteiger partial charge in [0.1, 0.15) is 18.1 Å². The molecule has 0 unspecified atom stereocenters. The van der Waals surface area contributed by atoms with E-state index in [4.69, 9.17) is 0 Å². The summed E-state index contributed by atoms with van der Waals surface area (Å²) in [4.78, 5) is 29.9. The first kappa shape index (κ1) is 30.5. The lowest BCUT2D eigenvalue weighted by Crippen LogP contribution is -2.48. The standard InChI is InChI=1S/C32H36N6O6S/c39-28-17-12-22(20-29(28)40)31(32(42)33-23-8-2-1-3-9-23)38(30(41)21-37-27-11-5-4-10-26(27)34-35-37)24-13-15-25(16-14-24)45(43,44)36-18-6-7-19-36/h4-5,10-17,20,23,31,39-40H,1-3,6-9,18-19,21H2,(H,33,42)/t31-/m1/s1. The number of phenolic OH excluding ortho intramolecular Hbond substituents is 2. The molecule has 2 fully saturated rings. The van der Waals surface area contributed by atoms with Crippen molar-refractivity contribution in [3.05, 3.63) is 72.3 Å². The third-order valence-corrected chi connectivity index (χ3v) is 10.5. The van der Waals surface area contributed by atoms with Gasteiger partial charge in [0.2, 0.25) is 21.8 Å². The smallest absolute Gasteiger partial charge is 0.249 e. The Morgan fingerprint density at radius 3 is 2.33 bits per heavy atom. The third-order valence-electron chi connectivity index (χ3n) is 8.56. The summed E-state index contributed by atoms with van der Waals surface area (Å²) in [5.41, 5.74) is 1.78. The van der Waals surface area contributed by atoms with Gasteiger partial charge in [0, 0.05) is 24.8 Å². The molecular weight excluding hydrogens is 596 g/mol. The highest BCUT2D eigenvalue weighted by Gasteiger charge is 2.36. The number of carbonyl (C=O) groups is 2. The Bertz CT molecular complexity index is 1800. The number of hydrogen-bond acceptors (Lipinski definition) is 8. The van der Waals surface area contributed by atoms with Crippen molar-refractivity contribution in [1.82, 2.24) is 24.6 Å². The lowest BCUT2D eigenvalue weighted by atomic mass is 9.94. The molecule has 1 aliphatic heterocycles. The number of fused-ring (bicyclic) bond motifs is 1. The van der Waals surface area contributed by atoms with Gasteiger partial charge in [-0.2, -0.15) is 4.31 Å². The average Bonchev–Trinajstić information content (AvgIpc) is 3.73. The number of carbonyl (C=O) groups excluding carboxylic acids is 2. The van der Waals surface area contributed by atoms with Crippen LogP contribution < -0.4 is 10.2 Å². The van der Waals surface area contributed by atoms with E-state index >= 15 is 0 Å². The van der Waals surface area contributed by atoms with Gasteiger partial charge in [-0.3, -0.25) is 14.5 Å². The number of hydrogen-bond donors (Lipinski definition) is 3. The number of nitrogens with zero attached hydrogens (tertiary/aromatic N) is 5. The Morgan fingerprint density at radius 2 is 1.62 bits per heavy atom. The second kappa shape index (κ2) is 12.9. The summed E-state index contributed by atoms with van der Waals surface area (Å²) in [6.07, 6.45) is 6.25. The van der Waals surface area contributed by atoms with Gasteiger partial charge in [0.05, 0.1) is 10.4 Å². The van der Waals surface area contributed by atoms with Crippen molar-refractivity contribution in [1.29, 1.82) is 0 Å². The average molecular weight is 633 g/mol. The summed E-state index contributed by atoms with van der Waals surface area (Å²) in [6, 6.07) is 15.8. The van der Waals surface area contributed by atoms with Crippen molar-refractivity contribution in [3.63, 3.8) is 0 Å². The maximum Gasteiger partial charge on any atom is 0.249 e. The van der Waals surface area contributed by atoms with Crippen LogP contribution in [0.15, 0.2) is 71.6 Å². The maximum atomic E-state index is 14.3. The van der Waals surface area contributed by atoms with Crippen molar-refractivity contribution >= 4 is 38.6 Å². The molecule has 1 saturated heterocycles. The second-order valence-corrected chi connectivity index (χ2v) is 13.5. The summed E-state index contributed by atoms with van der Waals surface area (Å²) < 4.78 is 29.4. The van der Waals surface area contributed by atoms with E-state index in [0.717, 1.165) is 44.9 Å². The van der Waals surface area contributed by atoms with Gasteiger partial charge >= 0.3 is 0 Å². The van der Waals surface area contributed by atoms with Gasteiger partial charge in [-0.1, -0.05) is 42.7 Å². The van der Waals surface area contributed by atoms with E-state index < -0.39 is 33.6 Å².